The fourth-order valence-corrected chi connectivity index (χ4v) is 2.38. The first-order valence-electron chi connectivity index (χ1n) is 7.16. The Balaban J connectivity index is 1.92. The molecule has 7 heteroatoms. The van der Waals surface area contributed by atoms with Crippen molar-refractivity contribution < 1.29 is 14.3 Å². The van der Waals surface area contributed by atoms with Crippen molar-refractivity contribution in [3.8, 4) is 5.75 Å². The van der Waals surface area contributed by atoms with Crippen molar-refractivity contribution in [2.45, 2.75) is 20.0 Å². The van der Waals surface area contributed by atoms with Crippen LogP contribution in [0.2, 0.25) is 10.0 Å². The van der Waals surface area contributed by atoms with E-state index in [9.17, 15) is 9.59 Å². The summed E-state index contributed by atoms with van der Waals surface area (Å²) >= 11 is 11.8. The number of halogens is 2. The number of ether oxygens (including phenoxy) is 1. The summed E-state index contributed by atoms with van der Waals surface area (Å²) in [6.07, 6.45) is -0.860. The van der Waals surface area contributed by atoms with Gasteiger partial charge in [0.2, 0.25) is 0 Å². The number of carbonyl (C=O) groups is 2. The van der Waals surface area contributed by atoms with Crippen LogP contribution in [0.1, 0.15) is 22.8 Å². The fraction of sp³-hybridized carbons (Fsp3) is 0.176. The van der Waals surface area contributed by atoms with Crippen LogP contribution in [-0.4, -0.2) is 17.9 Å². The maximum absolute atomic E-state index is 12.0. The molecule has 0 fully saturated rings. The van der Waals surface area contributed by atoms with Crippen LogP contribution in [0.3, 0.4) is 0 Å². The van der Waals surface area contributed by atoms with Crippen LogP contribution in [0, 0.1) is 6.92 Å². The van der Waals surface area contributed by atoms with Gasteiger partial charge in [-0.3, -0.25) is 20.4 Å². The van der Waals surface area contributed by atoms with Crippen molar-refractivity contribution in [1.82, 2.24) is 10.9 Å². The van der Waals surface area contributed by atoms with Gasteiger partial charge in [0.15, 0.2) is 6.10 Å². The quantitative estimate of drug-likeness (QED) is 0.813. The summed E-state index contributed by atoms with van der Waals surface area (Å²) in [7, 11) is 0. The molecule has 0 spiro atoms. The molecule has 2 aromatic rings. The molecule has 0 aliphatic rings. The van der Waals surface area contributed by atoms with E-state index in [1.165, 1.54) is 6.07 Å². The second-order valence-corrected chi connectivity index (χ2v) is 5.94. The highest BCUT2D eigenvalue weighted by atomic mass is 35.5. The molecule has 24 heavy (non-hydrogen) atoms. The number of amides is 2. The SMILES string of the molecule is Cc1ccccc1C(=O)NNC(=O)[C@@H](C)Oc1ccc(Cl)cc1Cl. The number of rotatable bonds is 4. The van der Waals surface area contributed by atoms with Gasteiger partial charge < -0.3 is 4.74 Å². The van der Waals surface area contributed by atoms with Gasteiger partial charge in [-0.05, 0) is 43.7 Å². The lowest BCUT2D eigenvalue weighted by Crippen LogP contribution is -2.47. The third-order valence-corrected chi connectivity index (χ3v) is 3.79. The van der Waals surface area contributed by atoms with Gasteiger partial charge in [-0.25, -0.2) is 0 Å². The van der Waals surface area contributed by atoms with Crippen molar-refractivity contribution in [2.75, 3.05) is 0 Å². The summed E-state index contributed by atoms with van der Waals surface area (Å²) in [6.45, 7) is 3.35. The van der Waals surface area contributed by atoms with Crippen LogP contribution >= 0.6 is 23.2 Å². The second-order valence-electron chi connectivity index (χ2n) is 5.09. The molecule has 0 saturated heterocycles. The first-order chi connectivity index (χ1) is 11.4. The van der Waals surface area contributed by atoms with Crippen LogP contribution < -0.4 is 15.6 Å². The minimum absolute atomic E-state index is 0.297. The highest BCUT2D eigenvalue weighted by molar-refractivity contribution is 6.35. The lowest BCUT2D eigenvalue weighted by molar-refractivity contribution is -0.128. The summed E-state index contributed by atoms with van der Waals surface area (Å²) < 4.78 is 5.47. The first-order valence-corrected chi connectivity index (χ1v) is 7.91. The van der Waals surface area contributed by atoms with Gasteiger partial charge in [0.05, 0.1) is 5.02 Å². The average molecular weight is 367 g/mol. The van der Waals surface area contributed by atoms with Crippen molar-refractivity contribution >= 4 is 35.0 Å². The summed E-state index contributed by atoms with van der Waals surface area (Å²) in [5.41, 5.74) is 5.97. The van der Waals surface area contributed by atoms with E-state index in [1.54, 1.807) is 31.2 Å². The predicted molar refractivity (Wildman–Crippen MR) is 93.3 cm³/mol. The summed E-state index contributed by atoms with van der Waals surface area (Å²) in [5, 5.41) is 0.765. The predicted octanol–water partition coefficient (Wildman–Crippen LogP) is 3.53. The Hall–Kier alpha value is -2.24. The van der Waals surface area contributed by atoms with Crippen LogP contribution in [0.25, 0.3) is 0 Å². The van der Waals surface area contributed by atoms with Crippen LogP contribution in [0.4, 0.5) is 0 Å². The molecule has 0 saturated carbocycles. The highest BCUT2D eigenvalue weighted by Gasteiger charge is 2.17. The second kappa shape index (κ2) is 8.04. The Labute approximate surface area is 149 Å². The zero-order valence-corrected chi connectivity index (χ0v) is 14.6. The van der Waals surface area contributed by atoms with Crippen molar-refractivity contribution in [3.05, 3.63) is 63.6 Å². The lowest BCUT2D eigenvalue weighted by atomic mass is 10.1. The largest absolute Gasteiger partial charge is 0.479 e. The number of benzene rings is 2. The molecule has 0 unspecified atom stereocenters. The maximum atomic E-state index is 12.0. The van der Waals surface area contributed by atoms with E-state index >= 15 is 0 Å². The molecule has 0 aromatic heterocycles. The number of hydrazine groups is 1. The number of carbonyl (C=O) groups excluding carboxylic acids is 2. The van der Waals surface area contributed by atoms with E-state index in [4.69, 9.17) is 27.9 Å². The van der Waals surface area contributed by atoms with Gasteiger partial charge >= 0.3 is 0 Å². The molecule has 5 nitrogen and oxygen atoms in total. The topological polar surface area (TPSA) is 67.4 Å². The summed E-state index contributed by atoms with van der Waals surface area (Å²) in [4.78, 5) is 24.1. The van der Waals surface area contributed by atoms with Gasteiger partial charge in [-0.15, -0.1) is 0 Å². The molecule has 0 bridgehead atoms. The molecule has 0 radical (unpaired) electrons. The normalized spacial score (nSPS) is 11.5. The van der Waals surface area contributed by atoms with Crippen LogP contribution in [0.15, 0.2) is 42.5 Å². The third-order valence-electron chi connectivity index (χ3n) is 3.26. The Morgan fingerprint density at radius 3 is 2.46 bits per heavy atom. The van der Waals surface area contributed by atoms with Gasteiger partial charge in [0.25, 0.3) is 11.8 Å². The zero-order valence-electron chi connectivity index (χ0n) is 13.1. The average Bonchev–Trinajstić information content (AvgIpc) is 2.55. The molecule has 2 N–H and O–H groups in total. The van der Waals surface area contributed by atoms with E-state index in [2.05, 4.69) is 10.9 Å². The summed E-state index contributed by atoms with van der Waals surface area (Å²) in [5.74, 6) is -0.588. The molecule has 126 valence electrons. The van der Waals surface area contributed by atoms with Crippen molar-refractivity contribution in [2.24, 2.45) is 0 Å². The standard InChI is InChI=1S/C17H16Cl2N2O3/c1-10-5-3-4-6-13(10)17(23)21-20-16(22)11(2)24-15-8-7-12(18)9-14(15)19/h3-9,11H,1-2H3,(H,20,22)(H,21,23)/t11-/m1/s1. The fourth-order valence-electron chi connectivity index (χ4n) is 1.93. The van der Waals surface area contributed by atoms with Crippen LogP contribution in [0.5, 0.6) is 5.75 Å². The maximum Gasteiger partial charge on any atom is 0.279 e. The molecule has 2 aromatic carbocycles. The monoisotopic (exact) mass is 366 g/mol. The highest BCUT2D eigenvalue weighted by Crippen LogP contribution is 2.28. The van der Waals surface area contributed by atoms with Gasteiger partial charge in [-0.2, -0.15) is 0 Å². The Kier molecular flexibility index (Phi) is 6.06. The van der Waals surface area contributed by atoms with Crippen molar-refractivity contribution in [3.63, 3.8) is 0 Å². The van der Waals surface area contributed by atoms with E-state index < -0.39 is 17.9 Å². The van der Waals surface area contributed by atoms with E-state index in [0.717, 1.165) is 5.56 Å². The smallest absolute Gasteiger partial charge is 0.279 e. The van der Waals surface area contributed by atoms with E-state index in [-0.39, 0.29) is 0 Å². The molecular formula is C17H16Cl2N2O3. The molecule has 0 aliphatic heterocycles. The molecular weight excluding hydrogens is 351 g/mol. The number of aryl methyl sites for hydroxylation is 1. The lowest BCUT2D eigenvalue weighted by Gasteiger charge is -2.16. The number of hydrogen-bond donors (Lipinski definition) is 2. The molecule has 1 atom stereocenters. The van der Waals surface area contributed by atoms with Crippen molar-refractivity contribution in [1.29, 1.82) is 0 Å². The van der Waals surface area contributed by atoms with Gasteiger partial charge in [-0.1, -0.05) is 41.4 Å². The Bertz CT molecular complexity index is 765. The minimum Gasteiger partial charge on any atom is -0.479 e. The van der Waals surface area contributed by atoms with E-state index in [0.29, 0.717) is 21.4 Å². The minimum atomic E-state index is -0.860. The Morgan fingerprint density at radius 1 is 1.08 bits per heavy atom. The number of nitrogens with one attached hydrogen (secondary N) is 2. The molecule has 2 amide bonds. The molecule has 0 heterocycles. The summed E-state index contributed by atoms with van der Waals surface area (Å²) in [6, 6.07) is 11.8. The zero-order chi connectivity index (χ0) is 17.7. The number of hydrogen-bond acceptors (Lipinski definition) is 3. The third kappa shape index (κ3) is 4.63. The first kappa shape index (κ1) is 18.1. The Morgan fingerprint density at radius 2 is 1.79 bits per heavy atom. The van der Waals surface area contributed by atoms with Gasteiger partial charge in [0, 0.05) is 10.6 Å². The van der Waals surface area contributed by atoms with Gasteiger partial charge in [0.1, 0.15) is 5.75 Å². The molecule has 2 rings (SSSR count). The van der Waals surface area contributed by atoms with E-state index in [1.807, 2.05) is 19.1 Å². The van der Waals surface area contributed by atoms with Crippen LogP contribution in [-0.2, 0) is 4.79 Å². The molecule has 0 aliphatic carbocycles.